The standard InChI is InChI=1S/C25H19N5O3/c1-15-13-30(22-20(23(15)31)7-4-8-21(22)25(32)33)14-16-9-11-17(12-10-16)18-5-2-3-6-19(18)24-26-28-29-27-24/h2-13H,14H2,1H3,(H,32,33)(H,26,27,28,29). The second-order valence-corrected chi connectivity index (χ2v) is 7.75. The van der Waals surface area contributed by atoms with Gasteiger partial charge in [0.25, 0.3) is 0 Å². The van der Waals surface area contributed by atoms with Crippen molar-refractivity contribution in [3.8, 4) is 22.5 Å². The molecule has 0 bridgehead atoms. The van der Waals surface area contributed by atoms with Crippen molar-refractivity contribution in [3.05, 3.63) is 99.8 Å². The van der Waals surface area contributed by atoms with Crippen LogP contribution in [0.15, 0.2) is 77.7 Å². The van der Waals surface area contributed by atoms with Gasteiger partial charge in [-0.05, 0) is 41.0 Å². The number of carbonyl (C=O) groups is 1. The Balaban J connectivity index is 1.55. The van der Waals surface area contributed by atoms with E-state index < -0.39 is 5.97 Å². The van der Waals surface area contributed by atoms with E-state index in [2.05, 4.69) is 20.6 Å². The van der Waals surface area contributed by atoms with Crippen molar-refractivity contribution in [1.82, 2.24) is 25.2 Å². The summed E-state index contributed by atoms with van der Waals surface area (Å²) >= 11 is 0. The largest absolute Gasteiger partial charge is 0.478 e. The van der Waals surface area contributed by atoms with Gasteiger partial charge in [0.05, 0.1) is 11.1 Å². The Hall–Kier alpha value is -4.59. The predicted molar refractivity (Wildman–Crippen MR) is 124 cm³/mol. The molecule has 0 atom stereocenters. The molecule has 0 saturated carbocycles. The minimum absolute atomic E-state index is 0.107. The van der Waals surface area contributed by atoms with Crippen LogP contribution < -0.4 is 5.43 Å². The fourth-order valence-corrected chi connectivity index (χ4v) is 4.09. The molecule has 5 aromatic rings. The summed E-state index contributed by atoms with van der Waals surface area (Å²) in [6.45, 7) is 2.17. The molecule has 5 rings (SSSR count). The summed E-state index contributed by atoms with van der Waals surface area (Å²) in [4.78, 5) is 24.4. The van der Waals surface area contributed by atoms with Crippen LogP contribution in [-0.4, -0.2) is 36.3 Å². The van der Waals surface area contributed by atoms with Crippen LogP contribution in [0.25, 0.3) is 33.4 Å². The van der Waals surface area contributed by atoms with Crippen molar-refractivity contribution in [2.24, 2.45) is 0 Å². The quantitative estimate of drug-likeness (QED) is 0.431. The van der Waals surface area contributed by atoms with Crippen molar-refractivity contribution in [2.75, 3.05) is 0 Å². The van der Waals surface area contributed by atoms with Crippen molar-refractivity contribution in [2.45, 2.75) is 13.5 Å². The Bertz CT molecular complexity index is 1540. The van der Waals surface area contributed by atoms with Gasteiger partial charge in [0.15, 0.2) is 5.43 Å². The van der Waals surface area contributed by atoms with E-state index in [9.17, 15) is 14.7 Å². The molecule has 2 N–H and O–H groups in total. The van der Waals surface area contributed by atoms with E-state index in [-0.39, 0.29) is 11.0 Å². The molecule has 8 heteroatoms. The number of hydrogen-bond donors (Lipinski definition) is 2. The number of pyridine rings is 1. The third-order valence-electron chi connectivity index (χ3n) is 5.64. The first-order chi connectivity index (χ1) is 16.0. The highest BCUT2D eigenvalue weighted by molar-refractivity contribution is 6.02. The molecule has 0 aliphatic heterocycles. The number of tetrazole rings is 1. The molecule has 3 aromatic carbocycles. The van der Waals surface area contributed by atoms with E-state index in [0.717, 1.165) is 22.3 Å². The maximum absolute atomic E-state index is 12.6. The number of hydrogen-bond acceptors (Lipinski definition) is 5. The first kappa shape index (κ1) is 20.3. The highest BCUT2D eigenvalue weighted by Gasteiger charge is 2.15. The number of carboxylic acid groups (broad SMARTS) is 1. The van der Waals surface area contributed by atoms with E-state index >= 15 is 0 Å². The predicted octanol–water partition coefficient (Wildman–Crippen LogP) is 3.90. The molecule has 2 aromatic heterocycles. The lowest BCUT2D eigenvalue weighted by Crippen LogP contribution is -2.15. The van der Waals surface area contributed by atoms with Crippen LogP contribution >= 0.6 is 0 Å². The number of aromatic amines is 1. The third-order valence-corrected chi connectivity index (χ3v) is 5.64. The van der Waals surface area contributed by atoms with Crippen LogP contribution in [0.2, 0.25) is 0 Å². The molecule has 0 aliphatic rings. The molecule has 0 radical (unpaired) electrons. The van der Waals surface area contributed by atoms with E-state index in [1.807, 2.05) is 53.1 Å². The number of H-pyrrole nitrogens is 1. The second-order valence-electron chi connectivity index (χ2n) is 7.75. The SMILES string of the molecule is Cc1cn(Cc2ccc(-c3ccccc3-c3nn[nH]n3)cc2)c2c(C(=O)O)cccc2c1=O. The number of fused-ring (bicyclic) bond motifs is 1. The van der Waals surface area contributed by atoms with Crippen LogP contribution in [-0.2, 0) is 6.54 Å². The number of para-hydroxylation sites is 1. The van der Waals surface area contributed by atoms with Gasteiger partial charge in [-0.3, -0.25) is 4.79 Å². The number of carboxylic acids is 1. The van der Waals surface area contributed by atoms with Gasteiger partial charge in [-0.15, -0.1) is 10.2 Å². The number of rotatable bonds is 5. The summed E-state index contributed by atoms with van der Waals surface area (Å²) < 4.78 is 1.83. The van der Waals surface area contributed by atoms with E-state index in [1.165, 1.54) is 6.07 Å². The van der Waals surface area contributed by atoms with Crippen molar-refractivity contribution in [1.29, 1.82) is 0 Å². The van der Waals surface area contributed by atoms with Crippen LogP contribution in [0.4, 0.5) is 0 Å². The second kappa shape index (κ2) is 8.16. The third kappa shape index (κ3) is 3.67. The topological polar surface area (TPSA) is 114 Å². The fraction of sp³-hybridized carbons (Fsp3) is 0.0800. The summed E-state index contributed by atoms with van der Waals surface area (Å²) in [5.74, 6) is -0.544. The highest BCUT2D eigenvalue weighted by Crippen LogP contribution is 2.30. The van der Waals surface area contributed by atoms with Crippen LogP contribution in [0.3, 0.4) is 0 Å². The average molecular weight is 437 g/mol. The Kier molecular flexibility index (Phi) is 5.02. The Morgan fingerprint density at radius 1 is 1.00 bits per heavy atom. The molecule has 0 aliphatic carbocycles. The minimum atomic E-state index is -1.06. The Morgan fingerprint density at radius 3 is 2.45 bits per heavy atom. The van der Waals surface area contributed by atoms with Gasteiger partial charge in [0, 0.05) is 29.3 Å². The zero-order valence-electron chi connectivity index (χ0n) is 17.7. The fourth-order valence-electron chi connectivity index (χ4n) is 4.09. The molecule has 0 saturated heterocycles. The summed E-state index contributed by atoms with van der Waals surface area (Å²) in [6.07, 6.45) is 1.72. The molecule has 162 valence electrons. The highest BCUT2D eigenvalue weighted by atomic mass is 16.4. The van der Waals surface area contributed by atoms with Gasteiger partial charge in [-0.2, -0.15) is 5.21 Å². The smallest absolute Gasteiger partial charge is 0.337 e. The lowest BCUT2D eigenvalue weighted by atomic mass is 9.98. The van der Waals surface area contributed by atoms with Crippen molar-refractivity contribution < 1.29 is 9.90 Å². The number of nitrogens with zero attached hydrogens (tertiary/aromatic N) is 4. The van der Waals surface area contributed by atoms with Gasteiger partial charge in [0.1, 0.15) is 0 Å². The maximum atomic E-state index is 12.6. The molecule has 8 nitrogen and oxygen atoms in total. The number of nitrogens with one attached hydrogen (secondary N) is 1. The van der Waals surface area contributed by atoms with Gasteiger partial charge >= 0.3 is 5.97 Å². The summed E-state index contributed by atoms with van der Waals surface area (Å²) in [7, 11) is 0. The molecular formula is C25H19N5O3. The molecular weight excluding hydrogens is 418 g/mol. The van der Waals surface area contributed by atoms with E-state index in [1.54, 1.807) is 25.3 Å². The summed E-state index contributed by atoms with van der Waals surface area (Å²) in [6, 6.07) is 20.6. The monoisotopic (exact) mass is 437 g/mol. The summed E-state index contributed by atoms with van der Waals surface area (Å²) in [5, 5.41) is 24.4. The zero-order valence-corrected chi connectivity index (χ0v) is 17.7. The lowest BCUT2D eigenvalue weighted by Gasteiger charge is -2.15. The van der Waals surface area contributed by atoms with Crippen molar-refractivity contribution >= 4 is 16.9 Å². The maximum Gasteiger partial charge on any atom is 0.337 e. The first-order valence-electron chi connectivity index (χ1n) is 10.3. The number of benzene rings is 3. The molecule has 0 spiro atoms. The van der Waals surface area contributed by atoms with Gasteiger partial charge in [-0.25, -0.2) is 4.79 Å². The van der Waals surface area contributed by atoms with Gasteiger partial charge in [0.2, 0.25) is 5.82 Å². The molecule has 0 unspecified atom stereocenters. The number of aryl methyl sites for hydroxylation is 1. The number of aromatic carboxylic acids is 1. The van der Waals surface area contributed by atoms with Crippen LogP contribution in [0.1, 0.15) is 21.5 Å². The molecule has 33 heavy (non-hydrogen) atoms. The first-order valence-corrected chi connectivity index (χ1v) is 10.3. The Labute approximate surface area is 188 Å². The normalized spacial score (nSPS) is 11.1. The van der Waals surface area contributed by atoms with Crippen LogP contribution in [0, 0.1) is 6.92 Å². The van der Waals surface area contributed by atoms with Gasteiger partial charge in [-0.1, -0.05) is 54.6 Å². The average Bonchev–Trinajstić information content (AvgIpc) is 3.37. The van der Waals surface area contributed by atoms with Crippen LogP contribution in [0.5, 0.6) is 0 Å². The van der Waals surface area contributed by atoms with E-state index in [0.29, 0.717) is 28.8 Å². The van der Waals surface area contributed by atoms with Crippen molar-refractivity contribution in [3.63, 3.8) is 0 Å². The number of aromatic nitrogens is 5. The molecule has 0 fully saturated rings. The Morgan fingerprint density at radius 2 is 1.76 bits per heavy atom. The minimum Gasteiger partial charge on any atom is -0.478 e. The lowest BCUT2D eigenvalue weighted by molar-refractivity contribution is 0.0698. The molecule has 0 amide bonds. The van der Waals surface area contributed by atoms with E-state index in [4.69, 9.17) is 0 Å². The zero-order chi connectivity index (χ0) is 22.9. The van der Waals surface area contributed by atoms with Gasteiger partial charge < -0.3 is 9.67 Å². The molecule has 2 heterocycles. The summed E-state index contributed by atoms with van der Waals surface area (Å²) in [5.41, 5.74) is 4.75.